The van der Waals surface area contributed by atoms with E-state index in [9.17, 15) is 0 Å². The van der Waals surface area contributed by atoms with Crippen molar-refractivity contribution in [2.45, 2.75) is 38.9 Å². The lowest BCUT2D eigenvalue weighted by molar-refractivity contribution is 0.00578. The van der Waals surface area contributed by atoms with E-state index in [2.05, 4.69) is 154 Å². The van der Waals surface area contributed by atoms with Gasteiger partial charge in [0.15, 0.2) is 0 Å². The fourth-order valence-electron chi connectivity index (χ4n) is 5.81. The van der Waals surface area contributed by atoms with Gasteiger partial charge in [0.25, 0.3) is 0 Å². The first kappa shape index (κ1) is 24.9. The molecule has 40 heavy (non-hydrogen) atoms. The van der Waals surface area contributed by atoms with Crippen molar-refractivity contribution in [2.24, 2.45) is 0 Å². The van der Waals surface area contributed by atoms with Crippen LogP contribution in [0.15, 0.2) is 121 Å². The molecule has 1 aliphatic heterocycles. The van der Waals surface area contributed by atoms with E-state index in [0.717, 1.165) is 16.7 Å². The third-order valence-corrected chi connectivity index (χ3v) is 8.65. The fraction of sp³-hybridized carbons (Fsp3) is 0.167. The van der Waals surface area contributed by atoms with Crippen molar-refractivity contribution in [2.75, 3.05) is 0 Å². The minimum atomic E-state index is -0.394. The van der Waals surface area contributed by atoms with Crippen LogP contribution in [0.5, 0.6) is 0 Å². The highest BCUT2D eigenvalue weighted by molar-refractivity contribution is 6.62. The summed E-state index contributed by atoms with van der Waals surface area (Å²) in [4.78, 5) is 0. The lowest BCUT2D eigenvalue weighted by Crippen LogP contribution is -2.41. The minimum Gasteiger partial charge on any atom is -0.399 e. The van der Waals surface area contributed by atoms with Crippen LogP contribution in [0.3, 0.4) is 0 Å². The van der Waals surface area contributed by atoms with Crippen LogP contribution < -0.4 is 5.46 Å². The van der Waals surface area contributed by atoms with Gasteiger partial charge in [-0.2, -0.15) is 0 Å². The second-order valence-electron chi connectivity index (χ2n) is 11.7. The van der Waals surface area contributed by atoms with Gasteiger partial charge in [0, 0.05) is 16.5 Å². The number of rotatable bonds is 4. The molecule has 2 heterocycles. The number of fused-ring (bicyclic) bond motifs is 3. The summed E-state index contributed by atoms with van der Waals surface area (Å²) < 4.78 is 15.1. The van der Waals surface area contributed by atoms with Crippen LogP contribution in [0.4, 0.5) is 0 Å². The molecule has 0 radical (unpaired) electrons. The van der Waals surface area contributed by atoms with E-state index in [0.29, 0.717) is 0 Å². The van der Waals surface area contributed by atoms with E-state index in [1.165, 1.54) is 38.5 Å². The number of para-hydroxylation sites is 1. The Hall–Kier alpha value is -4.12. The highest BCUT2D eigenvalue weighted by Gasteiger charge is 2.51. The zero-order chi connectivity index (χ0) is 27.5. The van der Waals surface area contributed by atoms with E-state index in [1.54, 1.807) is 0 Å². The SMILES string of the molecule is CC1(C)OB(c2ccc3c(c2)c2ccccc2n3-c2cccc(-c3ccccc3-c3ccccc3)c2)OC1(C)C. The molecular formula is C36H32BNO2. The maximum absolute atomic E-state index is 6.39. The Morgan fingerprint density at radius 2 is 1.12 bits per heavy atom. The van der Waals surface area contributed by atoms with E-state index < -0.39 is 7.12 Å². The molecule has 6 aromatic rings. The second kappa shape index (κ2) is 9.23. The van der Waals surface area contributed by atoms with Gasteiger partial charge in [-0.05, 0) is 79.7 Å². The average molecular weight is 521 g/mol. The predicted octanol–water partition coefficient (Wildman–Crippen LogP) is 8.42. The van der Waals surface area contributed by atoms with Crippen molar-refractivity contribution in [3.8, 4) is 27.9 Å². The van der Waals surface area contributed by atoms with Gasteiger partial charge < -0.3 is 13.9 Å². The van der Waals surface area contributed by atoms with Gasteiger partial charge in [0.1, 0.15) is 0 Å². The Morgan fingerprint density at radius 3 is 1.88 bits per heavy atom. The smallest absolute Gasteiger partial charge is 0.399 e. The van der Waals surface area contributed by atoms with Gasteiger partial charge in [0.05, 0.1) is 22.2 Å². The number of benzene rings is 5. The largest absolute Gasteiger partial charge is 0.494 e. The van der Waals surface area contributed by atoms with Gasteiger partial charge in [-0.1, -0.05) is 97.1 Å². The first-order chi connectivity index (χ1) is 19.3. The monoisotopic (exact) mass is 521 g/mol. The molecule has 7 rings (SSSR count). The summed E-state index contributed by atoms with van der Waals surface area (Å²) >= 11 is 0. The molecule has 0 unspecified atom stereocenters. The highest BCUT2D eigenvalue weighted by atomic mass is 16.7. The van der Waals surface area contributed by atoms with Crippen LogP contribution in [0.1, 0.15) is 27.7 Å². The molecule has 0 spiro atoms. The molecular weight excluding hydrogens is 489 g/mol. The van der Waals surface area contributed by atoms with Crippen molar-refractivity contribution >= 4 is 34.4 Å². The molecule has 0 atom stereocenters. The van der Waals surface area contributed by atoms with E-state index in [1.807, 2.05) is 0 Å². The van der Waals surface area contributed by atoms with Crippen LogP contribution in [0.2, 0.25) is 0 Å². The van der Waals surface area contributed by atoms with Crippen molar-refractivity contribution < 1.29 is 9.31 Å². The van der Waals surface area contributed by atoms with Crippen LogP contribution >= 0.6 is 0 Å². The lowest BCUT2D eigenvalue weighted by Gasteiger charge is -2.32. The summed E-state index contributed by atoms with van der Waals surface area (Å²) in [6, 6.07) is 43.3. The normalized spacial score (nSPS) is 16.1. The van der Waals surface area contributed by atoms with E-state index >= 15 is 0 Å². The highest BCUT2D eigenvalue weighted by Crippen LogP contribution is 2.38. The molecule has 0 saturated carbocycles. The maximum Gasteiger partial charge on any atom is 0.494 e. The van der Waals surface area contributed by atoms with Gasteiger partial charge in [0.2, 0.25) is 0 Å². The van der Waals surface area contributed by atoms with E-state index in [4.69, 9.17) is 9.31 Å². The number of hydrogen-bond donors (Lipinski definition) is 0. The van der Waals surface area contributed by atoms with Crippen LogP contribution in [-0.2, 0) is 9.31 Å². The standard InChI is InChI=1S/C36H32BNO2/c1-35(2)36(3,4)40-37(39-35)27-21-22-34-32(24-27)31-19-10-11-20-33(31)38(34)28-16-12-15-26(23-28)30-18-9-8-17-29(30)25-13-6-5-7-14-25/h5-24H,1-4H3. The molecule has 1 saturated heterocycles. The quantitative estimate of drug-likeness (QED) is 0.218. The van der Waals surface area contributed by atoms with Crippen LogP contribution in [0.25, 0.3) is 49.7 Å². The third-order valence-electron chi connectivity index (χ3n) is 8.65. The summed E-state index contributed by atoms with van der Waals surface area (Å²) in [5.74, 6) is 0. The molecule has 0 amide bonds. The Labute approximate surface area is 236 Å². The summed E-state index contributed by atoms with van der Waals surface area (Å²) in [7, 11) is -0.394. The fourth-order valence-corrected chi connectivity index (χ4v) is 5.81. The molecule has 0 bridgehead atoms. The van der Waals surface area contributed by atoms with Crippen molar-refractivity contribution in [3.63, 3.8) is 0 Å². The van der Waals surface area contributed by atoms with Crippen molar-refractivity contribution in [1.29, 1.82) is 0 Å². The molecule has 5 aromatic carbocycles. The molecule has 1 aromatic heterocycles. The molecule has 0 N–H and O–H groups in total. The first-order valence-corrected chi connectivity index (χ1v) is 14.0. The van der Waals surface area contributed by atoms with Gasteiger partial charge in [-0.3, -0.25) is 0 Å². The Balaban J connectivity index is 1.37. The number of nitrogens with zero attached hydrogens (tertiary/aromatic N) is 1. The molecule has 1 fully saturated rings. The van der Waals surface area contributed by atoms with Crippen molar-refractivity contribution in [3.05, 3.63) is 121 Å². The zero-order valence-electron chi connectivity index (χ0n) is 23.4. The average Bonchev–Trinajstić information content (AvgIpc) is 3.42. The van der Waals surface area contributed by atoms with Crippen molar-refractivity contribution in [1.82, 2.24) is 4.57 Å². The zero-order valence-corrected chi connectivity index (χ0v) is 23.4. The predicted molar refractivity (Wildman–Crippen MR) is 167 cm³/mol. The Kier molecular flexibility index (Phi) is 5.74. The number of aromatic nitrogens is 1. The minimum absolute atomic E-state index is 0.378. The maximum atomic E-state index is 6.39. The Morgan fingerprint density at radius 1 is 0.525 bits per heavy atom. The molecule has 3 nitrogen and oxygen atoms in total. The number of hydrogen-bond acceptors (Lipinski definition) is 2. The second-order valence-corrected chi connectivity index (χ2v) is 11.7. The summed E-state index contributed by atoms with van der Waals surface area (Å²) in [6.07, 6.45) is 0. The summed E-state index contributed by atoms with van der Waals surface area (Å²) in [5.41, 5.74) is 8.62. The van der Waals surface area contributed by atoms with Crippen LogP contribution in [0, 0.1) is 0 Å². The summed E-state index contributed by atoms with van der Waals surface area (Å²) in [6.45, 7) is 8.39. The molecule has 4 heteroatoms. The Bertz CT molecular complexity index is 1850. The topological polar surface area (TPSA) is 23.4 Å². The van der Waals surface area contributed by atoms with Gasteiger partial charge in [-0.15, -0.1) is 0 Å². The summed E-state index contributed by atoms with van der Waals surface area (Å²) in [5, 5.41) is 2.41. The third kappa shape index (κ3) is 3.99. The molecule has 0 aliphatic carbocycles. The molecule has 196 valence electrons. The van der Waals surface area contributed by atoms with Crippen LogP contribution in [-0.4, -0.2) is 22.9 Å². The first-order valence-electron chi connectivity index (χ1n) is 14.0. The molecule has 1 aliphatic rings. The van der Waals surface area contributed by atoms with E-state index in [-0.39, 0.29) is 11.2 Å². The van der Waals surface area contributed by atoms with Gasteiger partial charge >= 0.3 is 7.12 Å². The lowest BCUT2D eigenvalue weighted by atomic mass is 9.78. The van der Waals surface area contributed by atoms with Gasteiger partial charge in [-0.25, -0.2) is 0 Å².